The van der Waals surface area contributed by atoms with Crippen LogP contribution in [-0.4, -0.2) is 38.1 Å². The van der Waals surface area contributed by atoms with Crippen LogP contribution in [-0.2, 0) is 16.0 Å². The van der Waals surface area contributed by atoms with E-state index in [0.29, 0.717) is 12.3 Å². The number of ether oxygens (including phenoxy) is 1. The van der Waals surface area contributed by atoms with Crippen LogP contribution >= 0.6 is 0 Å². The minimum atomic E-state index is -0.636. The molecule has 6 nitrogen and oxygen atoms in total. The van der Waals surface area contributed by atoms with Crippen molar-refractivity contribution < 1.29 is 14.3 Å². The van der Waals surface area contributed by atoms with Gasteiger partial charge in [0, 0.05) is 7.05 Å². The molecular formula is C22H25N3O3. The summed E-state index contributed by atoms with van der Waals surface area (Å²) in [5.41, 5.74) is 3.37. The summed E-state index contributed by atoms with van der Waals surface area (Å²) >= 11 is 0. The van der Waals surface area contributed by atoms with Crippen molar-refractivity contribution in [1.82, 2.24) is 10.6 Å². The average molecular weight is 379 g/mol. The highest BCUT2D eigenvalue weighted by Crippen LogP contribution is 2.33. The number of hydrogen-bond acceptors (Lipinski definition) is 4. The zero-order valence-electron chi connectivity index (χ0n) is 16.0. The van der Waals surface area contributed by atoms with E-state index in [1.807, 2.05) is 41.3 Å². The maximum atomic E-state index is 12.9. The van der Waals surface area contributed by atoms with Crippen molar-refractivity contribution in [2.45, 2.75) is 31.4 Å². The van der Waals surface area contributed by atoms with Gasteiger partial charge in [0.25, 0.3) is 5.91 Å². The molecule has 2 amide bonds. The molecule has 2 aromatic carbocycles. The lowest BCUT2D eigenvalue weighted by Gasteiger charge is -2.35. The quantitative estimate of drug-likeness (QED) is 0.854. The Morgan fingerprint density at radius 1 is 1.14 bits per heavy atom. The van der Waals surface area contributed by atoms with Gasteiger partial charge in [-0.05, 0) is 42.5 Å². The molecule has 0 fully saturated rings. The maximum Gasteiger partial charge on any atom is 0.262 e. The molecule has 6 heteroatoms. The molecular weight excluding hydrogens is 354 g/mol. The van der Waals surface area contributed by atoms with Crippen LogP contribution < -0.4 is 20.3 Å². The second kappa shape index (κ2) is 7.92. The topological polar surface area (TPSA) is 70.7 Å². The minimum absolute atomic E-state index is 0.0449. The van der Waals surface area contributed by atoms with Gasteiger partial charge in [-0.25, -0.2) is 0 Å². The maximum absolute atomic E-state index is 12.9. The SMILES string of the molecule is CNC(=O)[C@H]1CN(CC(=O)N[C@H]2CCCc3ccccc32)c2ccccc2O1. The number of carbonyl (C=O) groups is 2. The van der Waals surface area contributed by atoms with Crippen molar-refractivity contribution in [2.24, 2.45) is 0 Å². The molecule has 2 aromatic rings. The van der Waals surface area contributed by atoms with Crippen LogP contribution in [0, 0.1) is 0 Å². The van der Waals surface area contributed by atoms with Gasteiger partial charge in [-0.2, -0.15) is 0 Å². The molecule has 28 heavy (non-hydrogen) atoms. The van der Waals surface area contributed by atoms with Gasteiger partial charge in [0.15, 0.2) is 6.10 Å². The Kier molecular flexibility index (Phi) is 5.19. The molecule has 0 bridgehead atoms. The number of fused-ring (bicyclic) bond motifs is 2. The number of anilines is 1. The third-order valence-corrected chi connectivity index (χ3v) is 5.44. The Labute approximate surface area is 164 Å². The standard InChI is InChI=1S/C22H25N3O3/c1-23-22(27)20-13-25(18-11-4-5-12-19(18)28-20)14-21(26)24-17-10-6-8-15-7-2-3-9-16(15)17/h2-5,7,9,11-12,17,20H,6,8,10,13-14H2,1H3,(H,23,27)(H,24,26)/t17-,20+/m0/s1. The smallest absolute Gasteiger partial charge is 0.262 e. The fourth-order valence-corrected chi connectivity index (χ4v) is 4.07. The highest BCUT2D eigenvalue weighted by Gasteiger charge is 2.31. The number of nitrogens with one attached hydrogen (secondary N) is 2. The van der Waals surface area contributed by atoms with Crippen LogP contribution in [0.4, 0.5) is 5.69 Å². The second-order valence-electron chi connectivity index (χ2n) is 7.28. The molecule has 2 aliphatic rings. The Balaban J connectivity index is 1.49. The largest absolute Gasteiger partial charge is 0.477 e. The minimum Gasteiger partial charge on any atom is -0.477 e. The molecule has 0 aromatic heterocycles. The van der Waals surface area contributed by atoms with Crippen molar-refractivity contribution in [3.05, 3.63) is 59.7 Å². The Bertz CT molecular complexity index is 883. The molecule has 0 saturated carbocycles. The molecule has 2 N–H and O–H groups in total. The van der Waals surface area contributed by atoms with Gasteiger partial charge in [-0.3, -0.25) is 9.59 Å². The lowest BCUT2D eigenvalue weighted by atomic mass is 9.88. The van der Waals surface area contributed by atoms with Crippen LogP contribution in [0.5, 0.6) is 5.75 Å². The van der Waals surface area contributed by atoms with Gasteiger partial charge in [-0.1, -0.05) is 36.4 Å². The normalized spacial score (nSPS) is 20.4. The lowest BCUT2D eigenvalue weighted by molar-refractivity contribution is -0.127. The molecule has 0 unspecified atom stereocenters. The first-order valence-electron chi connectivity index (χ1n) is 9.75. The van der Waals surface area contributed by atoms with E-state index in [4.69, 9.17) is 4.74 Å². The number of para-hydroxylation sites is 2. The van der Waals surface area contributed by atoms with E-state index in [-0.39, 0.29) is 24.4 Å². The fourth-order valence-electron chi connectivity index (χ4n) is 4.07. The van der Waals surface area contributed by atoms with Gasteiger partial charge in [0.1, 0.15) is 5.75 Å². The highest BCUT2D eigenvalue weighted by molar-refractivity contribution is 5.86. The molecule has 1 aliphatic carbocycles. The predicted octanol–water partition coefficient (Wildman–Crippen LogP) is 2.19. The van der Waals surface area contributed by atoms with Crippen molar-refractivity contribution in [3.8, 4) is 5.75 Å². The van der Waals surface area contributed by atoms with E-state index in [0.717, 1.165) is 24.9 Å². The Morgan fingerprint density at radius 3 is 2.79 bits per heavy atom. The summed E-state index contributed by atoms with van der Waals surface area (Å²) in [6.45, 7) is 0.526. The van der Waals surface area contributed by atoms with E-state index < -0.39 is 6.10 Å². The van der Waals surface area contributed by atoms with Crippen LogP contribution in [0.1, 0.15) is 30.0 Å². The first-order chi connectivity index (χ1) is 13.7. The fraction of sp³-hybridized carbons (Fsp3) is 0.364. The zero-order valence-corrected chi connectivity index (χ0v) is 16.0. The van der Waals surface area contributed by atoms with Gasteiger partial charge in [0.05, 0.1) is 24.8 Å². The third-order valence-electron chi connectivity index (χ3n) is 5.44. The molecule has 0 radical (unpaired) electrons. The van der Waals surface area contributed by atoms with Crippen LogP contribution in [0.3, 0.4) is 0 Å². The van der Waals surface area contributed by atoms with Crippen molar-refractivity contribution in [3.63, 3.8) is 0 Å². The van der Waals surface area contributed by atoms with Crippen molar-refractivity contribution in [2.75, 3.05) is 25.0 Å². The molecule has 0 saturated heterocycles. The summed E-state index contributed by atoms with van der Waals surface area (Å²) in [6, 6.07) is 15.9. The van der Waals surface area contributed by atoms with Gasteiger partial charge >= 0.3 is 0 Å². The molecule has 146 valence electrons. The van der Waals surface area contributed by atoms with E-state index in [1.165, 1.54) is 11.1 Å². The first kappa shape index (κ1) is 18.3. The number of likely N-dealkylation sites (N-methyl/N-ethyl adjacent to an activating group) is 1. The number of hydrogen-bond donors (Lipinski definition) is 2. The number of nitrogens with zero attached hydrogens (tertiary/aromatic N) is 1. The van der Waals surface area contributed by atoms with E-state index in [1.54, 1.807) is 7.05 Å². The van der Waals surface area contributed by atoms with E-state index in [9.17, 15) is 9.59 Å². The molecule has 4 rings (SSSR count). The Morgan fingerprint density at radius 2 is 1.93 bits per heavy atom. The molecule has 0 spiro atoms. The monoisotopic (exact) mass is 379 g/mol. The third kappa shape index (κ3) is 3.67. The predicted molar refractivity (Wildman–Crippen MR) is 107 cm³/mol. The molecule has 2 atom stereocenters. The van der Waals surface area contributed by atoms with Crippen LogP contribution in [0.25, 0.3) is 0 Å². The zero-order chi connectivity index (χ0) is 19.5. The first-order valence-corrected chi connectivity index (χ1v) is 9.75. The number of benzene rings is 2. The highest BCUT2D eigenvalue weighted by atomic mass is 16.5. The van der Waals surface area contributed by atoms with Crippen LogP contribution in [0.15, 0.2) is 48.5 Å². The molecule has 1 heterocycles. The van der Waals surface area contributed by atoms with Crippen molar-refractivity contribution in [1.29, 1.82) is 0 Å². The summed E-state index contributed by atoms with van der Waals surface area (Å²) in [6.07, 6.45) is 2.44. The van der Waals surface area contributed by atoms with Gasteiger partial charge in [-0.15, -0.1) is 0 Å². The lowest BCUT2D eigenvalue weighted by Crippen LogP contribution is -2.51. The van der Waals surface area contributed by atoms with E-state index in [2.05, 4.69) is 22.8 Å². The molecule has 1 aliphatic heterocycles. The average Bonchev–Trinajstić information content (AvgIpc) is 2.73. The van der Waals surface area contributed by atoms with Crippen molar-refractivity contribution >= 4 is 17.5 Å². The van der Waals surface area contributed by atoms with Crippen LogP contribution in [0.2, 0.25) is 0 Å². The van der Waals surface area contributed by atoms with Gasteiger partial charge in [0.2, 0.25) is 5.91 Å². The second-order valence-corrected chi connectivity index (χ2v) is 7.28. The van der Waals surface area contributed by atoms with Gasteiger partial charge < -0.3 is 20.3 Å². The number of aryl methyl sites for hydroxylation is 1. The summed E-state index contributed by atoms with van der Waals surface area (Å²) in [5.74, 6) is 0.383. The van der Waals surface area contributed by atoms with E-state index >= 15 is 0 Å². The summed E-state index contributed by atoms with van der Waals surface area (Å²) in [5, 5.41) is 5.81. The summed E-state index contributed by atoms with van der Waals surface area (Å²) in [7, 11) is 1.59. The number of carbonyl (C=O) groups excluding carboxylic acids is 2. The number of rotatable bonds is 4. The Hall–Kier alpha value is -3.02. The summed E-state index contributed by atoms with van der Waals surface area (Å²) < 4.78 is 5.81. The number of amides is 2. The summed E-state index contributed by atoms with van der Waals surface area (Å²) in [4.78, 5) is 26.9.